The maximum Gasteiger partial charge on any atom is 0.305 e. The van der Waals surface area contributed by atoms with Crippen molar-refractivity contribution in [3.05, 3.63) is 0 Å². The lowest BCUT2D eigenvalue weighted by Crippen LogP contribution is -2.54. The first-order valence-electron chi connectivity index (χ1n) is 7.27. The molecule has 6 heteroatoms. The van der Waals surface area contributed by atoms with Crippen LogP contribution >= 0.6 is 0 Å². The van der Waals surface area contributed by atoms with Crippen LogP contribution in [0.5, 0.6) is 0 Å². The molecule has 0 spiro atoms. The van der Waals surface area contributed by atoms with Crippen LogP contribution in [0.25, 0.3) is 0 Å². The molecular weight excluding hydrogens is 260 g/mol. The van der Waals surface area contributed by atoms with Crippen LogP contribution in [0.1, 0.15) is 58.3 Å². The Morgan fingerprint density at radius 2 is 1.80 bits per heavy atom. The summed E-state index contributed by atoms with van der Waals surface area (Å²) >= 11 is 0. The largest absolute Gasteiger partial charge is 0.481 e. The molecule has 0 aliphatic heterocycles. The van der Waals surface area contributed by atoms with Gasteiger partial charge in [0.1, 0.15) is 0 Å². The fraction of sp³-hybridized carbons (Fsp3) is 0.786. The Hall–Kier alpha value is -1.59. The number of rotatable bonds is 9. The van der Waals surface area contributed by atoms with E-state index in [1.807, 2.05) is 6.92 Å². The van der Waals surface area contributed by atoms with Crippen molar-refractivity contribution in [3.63, 3.8) is 0 Å². The van der Waals surface area contributed by atoms with Crippen LogP contribution in [0.15, 0.2) is 0 Å². The number of nitrogens with one attached hydrogen (secondary N) is 2. The summed E-state index contributed by atoms with van der Waals surface area (Å²) in [6.45, 7) is 2.64. The molecule has 1 aliphatic carbocycles. The summed E-state index contributed by atoms with van der Waals surface area (Å²) in [6.07, 6.45) is 4.36. The second-order valence-corrected chi connectivity index (χ2v) is 5.46. The van der Waals surface area contributed by atoms with Crippen molar-refractivity contribution >= 4 is 17.8 Å². The molecule has 1 rings (SSSR count). The topological polar surface area (TPSA) is 95.5 Å². The predicted octanol–water partition coefficient (Wildman–Crippen LogP) is 1.20. The Balaban J connectivity index is 2.22. The van der Waals surface area contributed by atoms with Crippen LogP contribution in [0.4, 0.5) is 0 Å². The first kappa shape index (κ1) is 16.5. The first-order valence-corrected chi connectivity index (χ1v) is 7.27. The molecule has 2 amide bonds. The lowest BCUT2D eigenvalue weighted by Gasteiger charge is -2.41. The summed E-state index contributed by atoms with van der Waals surface area (Å²) in [5.41, 5.74) is -0.548. The minimum Gasteiger partial charge on any atom is -0.481 e. The third-order valence-electron chi connectivity index (χ3n) is 3.58. The Labute approximate surface area is 119 Å². The van der Waals surface area contributed by atoms with E-state index < -0.39 is 11.5 Å². The minimum atomic E-state index is -0.885. The van der Waals surface area contributed by atoms with Gasteiger partial charge in [-0.05, 0) is 32.1 Å². The molecule has 1 aliphatic rings. The third kappa shape index (κ3) is 5.59. The van der Waals surface area contributed by atoms with E-state index in [2.05, 4.69) is 10.6 Å². The molecule has 0 aromatic carbocycles. The van der Waals surface area contributed by atoms with E-state index in [4.69, 9.17) is 5.11 Å². The van der Waals surface area contributed by atoms with Gasteiger partial charge in [0, 0.05) is 19.4 Å². The average Bonchev–Trinajstić information content (AvgIpc) is 2.33. The number of carboxylic acid groups (broad SMARTS) is 1. The molecule has 0 saturated heterocycles. The van der Waals surface area contributed by atoms with Gasteiger partial charge in [0.05, 0.1) is 12.0 Å². The highest BCUT2D eigenvalue weighted by atomic mass is 16.4. The molecule has 6 nitrogen and oxygen atoms in total. The van der Waals surface area contributed by atoms with Crippen LogP contribution in [-0.4, -0.2) is 35.0 Å². The second-order valence-electron chi connectivity index (χ2n) is 5.46. The van der Waals surface area contributed by atoms with Crippen LogP contribution in [0, 0.1) is 0 Å². The van der Waals surface area contributed by atoms with Gasteiger partial charge in [0.2, 0.25) is 11.8 Å². The molecule has 0 aromatic heterocycles. The molecule has 1 saturated carbocycles. The number of amides is 2. The SMILES string of the molecule is CCCNC(=O)CCCC(=O)NC1(CC(=O)O)CCC1. The fourth-order valence-corrected chi connectivity index (χ4v) is 2.36. The zero-order valence-corrected chi connectivity index (χ0v) is 12.0. The van der Waals surface area contributed by atoms with E-state index in [0.717, 1.165) is 25.7 Å². The van der Waals surface area contributed by atoms with Gasteiger partial charge in [-0.2, -0.15) is 0 Å². The van der Waals surface area contributed by atoms with Gasteiger partial charge in [-0.3, -0.25) is 14.4 Å². The molecule has 0 heterocycles. The molecule has 114 valence electrons. The van der Waals surface area contributed by atoms with E-state index in [1.54, 1.807) is 0 Å². The summed E-state index contributed by atoms with van der Waals surface area (Å²) in [7, 11) is 0. The van der Waals surface area contributed by atoms with Crippen molar-refractivity contribution in [2.45, 2.75) is 63.8 Å². The molecule has 0 radical (unpaired) electrons. The van der Waals surface area contributed by atoms with Crippen molar-refractivity contribution < 1.29 is 19.5 Å². The van der Waals surface area contributed by atoms with Crippen LogP contribution < -0.4 is 10.6 Å². The highest BCUT2D eigenvalue weighted by Gasteiger charge is 2.40. The molecule has 0 bridgehead atoms. The highest BCUT2D eigenvalue weighted by molar-refractivity contribution is 5.80. The summed E-state index contributed by atoms with van der Waals surface area (Å²) in [5, 5.41) is 14.4. The number of carboxylic acids is 1. The predicted molar refractivity (Wildman–Crippen MR) is 74.1 cm³/mol. The molecule has 1 fully saturated rings. The Kier molecular flexibility index (Phi) is 6.48. The minimum absolute atomic E-state index is 0.0181. The average molecular weight is 284 g/mol. The monoisotopic (exact) mass is 284 g/mol. The number of hydrogen-bond donors (Lipinski definition) is 3. The van der Waals surface area contributed by atoms with Crippen LogP contribution in [0.3, 0.4) is 0 Å². The molecular formula is C14H24N2O4. The van der Waals surface area contributed by atoms with Gasteiger partial charge in [0.15, 0.2) is 0 Å². The first-order chi connectivity index (χ1) is 9.47. The molecule has 0 unspecified atom stereocenters. The summed E-state index contributed by atoms with van der Waals surface area (Å²) in [4.78, 5) is 33.9. The summed E-state index contributed by atoms with van der Waals surface area (Å²) in [6, 6.07) is 0. The fourth-order valence-electron chi connectivity index (χ4n) is 2.36. The second kappa shape index (κ2) is 7.87. The Morgan fingerprint density at radius 3 is 2.30 bits per heavy atom. The summed E-state index contributed by atoms with van der Waals surface area (Å²) in [5.74, 6) is -1.08. The van der Waals surface area contributed by atoms with Gasteiger partial charge in [-0.1, -0.05) is 6.92 Å². The molecule has 0 atom stereocenters. The maximum absolute atomic E-state index is 11.8. The van der Waals surface area contributed by atoms with E-state index >= 15 is 0 Å². The van der Waals surface area contributed by atoms with Gasteiger partial charge in [-0.15, -0.1) is 0 Å². The van der Waals surface area contributed by atoms with Crippen molar-refractivity contribution in [2.75, 3.05) is 6.54 Å². The molecule has 20 heavy (non-hydrogen) atoms. The number of hydrogen-bond acceptors (Lipinski definition) is 3. The zero-order chi connectivity index (χ0) is 15.0. The van der Waals surface area contributed by atoms with E-state index in [0.29, 0.717) is 19.4 Å². The van der Waals surface area contributed by atoms with Crippen molar-refractivity contribution in [2.24, 2.45) is 0 Å². The van der Waals surface area contributed by atoms with E-state index in [-0.39, 0.29) is 24.7 Å². The smallest absolute Gasteiger partial charge is 0.305 e. The van der Waals surface area contributed by atoms with Crippen LogP contribution in [-0.2, 0) is 14.4 Å². The Bertz CT molecular complexity index is 364. The number of carbonyl (C=O) groups excluding carboxylic acids is 2. The van der Waals surface area contributed by atoms with Gasteiger partial charge in [0.25, 0.3) is 0 Å². The third-order valence-corrected chi connectivity index (χ3v) is 3.58. The lowest BCUT2D eigenvalue weighted by atomic mass is 9.74. The van der Waals surface area contributed by atoms with Gasteiger partial charge < -0.3 is 15.7 Å². The summed E-state index contributed by atoms with van der Waals surface area (Å²) < 4.78 is 0. The van der Waals surface area contributed by atoms with E-state index in [9.17, 15) is 14.4 Å². The number of aliphatic carboxylic acids is 1. The van der Waals surface area contributed by atoms with E-state index in [1.165, 1.54) is 0 Å². The molecule has 3 N–H and O–H groups in total. The quantitative estimate of drug-likeness (QED) is 0.593. The normalized spacial score (nSPS) is 16.1. The highest BCUT2D eigenvalue weighted by Crippen LogP contribution is 2.35. The van der Waals surface area contributed by atoms with Gasteiger partial charge in [-0.25, -0.2) is 0 Å². The number of carbonyl (C=O) groups is 3. The van der Waals surface area contributed by atoms with Crippen molar-refractivity contribution in [1.82, 2.24) is 10.6 Å². The molecule has 0 aromatic rings. The van der Waals surface area contributed by atoms with Crippen molar-refractivity contribution in [3.8, 4) is 0 Å². The maximum atomic E-state index is 11.8. The lowest BCUT2D eigenvalue weighted by molar-refractivity contribution is -0.140. The zero-order valence-electron chi connectivity index (χ0n) is 12.0. The van der Waals surface area contributed by atoms with Crippen molar-refractivity contribution in [1.29, 1.82) is 0 Å². The standard InChI is InChI=1S/C14H24N2O4/c1-2-9-15-11(17)5-3-6-12(18)16-14(7-4-8-14)10-13(19)20/h2-10H2,1H3,(H,15,17)(H,16,18)(H,19,20). The Morgan fingerprint density at radius 1 is 1.15 bits per heavy atom. The van der Waals surface area contributed by atoms with Gasteiger partial charge >= 0.3 is 5.97 Å². The van der Waals surface area contributed by atoms with Crippen LogP contribution in [0.2, 0.25) is 0 Å².